The lowest BCUT2D eigenvalue weighted by atomic mass is 11.6. The molecular formula is C2F6S6. The average Bonchev–Trinajstić information content (AvgIpc) is 1.92. The molecule has 0 unspecified atom stereocenters. The van der Waals surface area contributed by atoms with E-state index < -0.39 is 11.0 Å². The molecule has 0 radical (unpaired) electrons. The van der Waals surface area contributed by atoms with Crippen LogP contribution in [0.1, 0.15) is 0 Å². The maximum Gasteiger partial charge on any atom is 0.452 e. The van der Waals surface area contributed by atoms with Gasteiger partial charge in [0.1, 0.15) is 0 Å². The second-order valence-corrected chi connectivity index (χ2v) is 10.7. The van der Waals surface area contributed by atoms with E-state index in [2.05, 4.69) is 0 Å². The van der Waals surface area contributed by atoms with Crippen molar-refractivity contribution in [3.63, 3.8) is 0 Å². The molecule has 0 rings (SSSR count). The van der Waals surface area contributed by atoms with Crippen molar-refractivity contribution in [2.45, 2.75) is 11.0 Å². The fourth-order valence-electron chi connectivity index (χ4n) is 0.128. The lowest BCUT2D eigenvalue weighted by Crippen LogP contribution is -1.95. The second-order valence-electron chi connectivity index (χ2n) is 1.33. The molecule has 86 valence electrons. The van der Waals surface area contributed by atoms with Crippen LogP contribution in [0.25, 0.3) is 0 Å². The molecule has 14 heavy (non-hydrogen) atoms. The van der Waals surface area contributed by atoms with Crippen molar-refractivity contribution in [3.8, 4) is 0 Å². The Morgan fingerprint density at radius 1 is 0.500 bits per heavy atom. The van der Waals surface area contributed by atoms with E-state index in [9.17, 15) is 26.3 Å². The van der Waals surface area contributed by atoms with Gasteiger partial charge in [0, 0.05) is 21.6 Å². The van der Waals surface area contributed by atoms with Crippen molar-refractivity contribution in [3.05, 3.63) is 0 Å². The molecule has 0 heterocycles. The Kier molecular flexibility index (Phi) is 7.94. The van der Waals surface area contributed by atoms with Gasteiger partial charge in [0.05, 0.1) is 0 Å². The van der Waals surface area contributed by atoms with E-state index in [1.165, 1.54) is 0 Å². The van der Waals surface area contributed by atoms with Gasteiger partial charge in [0.2, 0.25) is 0 Å². The van der Waals surface area contributed by atoms with Gasteiger partial charge in [-0.25, -0.2) is 0 Å². The van der Waals surface area contributed by atoms with Crippen LogP contribution >= 0.6 is 60.9 Å². The first-order valence-electron chi connectivity index (χ1n) is 2.38. The third kappa shape index (κ3) is 13.7. The normalized spacial score (nSPS) is 13.3. The summed E-state index contributed by atoms with van der Waals surface area (Å²) in [4.78, 5) is 0. The van der Waals surface area contributed by atoms with Crippen molar-refractivity contribution in [1.29, 1.82) is 0 Å². The average molecular weight is 330 g/mol. The predicted octanol–water partition coefficient (Wildman–Crippen LogP) is 6.00. The summed E-state index contributed by atoms with van der Waals surface area (Å²) < 4.78 is 68.9. The minimum absolute atomic E-state index is 0.354. The Balaban J connectivity index is 3.23. The van der Waals surface area contributed by atoms with Crippen molar-refractivity contribution in [2.24, 2.45) is 0 Å². The quantitative estimate of drug-likeness (QED) is 0.342. The van der Waals surface area contributed by atoms with Gasteiger partial charge in [-0.05, 0) is 39.3 Å². The minimum Gasteiger partial charge on any atom is -0.160 e. The number of rotatable bonds is 5. The second kappa shape index (κ2) is 7.09. The summed E-state index contributed by atoms with van der Waals surface area (Å²) in [7, 11) is 1.33. The van der Waals surface area contributed by atoms with Gasteiger partial charge in [0.15, 0.2) is 0 Å². The van der Waals surface area contributed by atoms with E-state index in [4.69, 9.17) is 0 Å². The lowest BCUT2D eigenvalue weighted by molar-refractivity contribution is -0.0320. The van der Waals surface area contributed by atoms with Gasteiger partial charge < -0.3 is 0 Å². The molecule has 0 aromatic rings. The van der Waals surface area contributed by atoms with Crippen molar-refractivity contribution in [2.75, 3.05) is 0 Å². The summed E-state index contributed by atoms with van der Waals surface area (Å²) in [5.41, 5.74) is -8.72. The van der Waals surface area contributed by atoms with Gasteiger partial charge in [-0.3, -0.25) is 0 Å². The van der Waals surface area contributed by atoms with Crippen LogP contribution < -0.4 is 0 Å². The Hall–Kier alpha value is 1.68. The Morgan fingerprint density at radius 3 is 1.00 bits per heavy atom. The summed E-state index contributed by atoms with van der Waals surface area (Å²) >= 11 is 0. The van der Waals surface area contributed by atoms with Gasteiger partial charge in [-0.15, -0.1) is 0 Å². The number of halogens is 6. The van der Waals surface area contributed by atoms with Crippen LogP contribution in [-0.2, 0) is 0 Å². The maximum atomic E-state index is 11.5. The molecule has 0 fully saturated rings. The summed E-state index contributed by atoms with van der Waals surface area (Å²) in [6, 6.07) is 0. The minimum atomic E-state index is -4.36. The Labute approximate surface area is 97.8 Å². The van der Waals surface area contributed by atoms with Gasteiger partial charge in [0.25, 0.3) is 0 Å². The first kappa shape index (κ1) is 15.7. The lowest BCUT2D eigenvalue weighted by Gasteiger charge is -2.03. The van der Waals surface area contributed by atoms with E-state index >= 15 is 0 Å². The molecule has 0 saturated carbocycles. The third-order valence-corrected chi connectivity index (χ3v) is 10.3. The molecule has 0 bridgehead atoms. The molecule has 0 N–H and O–H groups in total. The largest absolute Gasteiger partial charge is 0.452 e. The van der Waals surface area contributed by atoms with Gasteiger partial charge in [-0.1, -0.05) is 0 Å². The molecule has 0 aliphatic carbocycles. The summed E-state index contributed by atoms with van der Waals surface area (Å²) in [6.45, 7) is 0. The summed E-state index contributed by atoms with van der Waals surface area (Å²) in [5, 5.41) is 0. The highest BCUT2D eigenvalue weighted by Crippen LogP contribution is 2.58. The van der Waals surface area contributed by atoms with Crippen LogP contribution in [-0.4, -0.2) is 11.0 Å². The number of hydrogen-bond donors (Lipinski definition) is 0. The molecule has 0 aliphatic rings. The van der Waals surface area contributed by atoms with E-state index in [0.29, 0.717) is 39.3 Å². The molecule has 0 aromatic carbocycles. The van der Waals surface area contributed by atoms with E-state index in [1.54, 1.807) is 0 Å². The van der Waals surface area contributed by atoms with Crippen LogP contribution in [0.3, 0.4) is 0 Å². The van der Waals surface area contributed by atoms with Crippen LogP contribution in [0.15, 0.2) is 0 Å². The van der Waals surface area contributed by atoms with Crippen molar-refractivity contribution < 1.29 is 26.3 Å². The summed E-state index contributed by atoms with van der Waals surface area (Å²) in [6.07, 6.45) is 0. The summed E-state index contributed by atoms with van der Waals surface area (Å²) in [5.74, 6) is 0. The topological polar surface area (TPSA) is 0 Å². The first-order chi connectivity index (χ1) is 6.21. The molecule has 0 amide bonds. The van der Waals surface area contributed by atoms with Gasteiger partial charge in [-0.2, -0.15) is 26.3 Å². The highest BCUT2D eigenvalue weighted by Gasteiger charge is 2.30. The highest BCUT2D eigenvalue weighted by atomic mass is 33.9. The molecule has 0 nitrogen and oxygen atoms in total. The molecule has 0 spiro atoms. The van der Waals surface area contributed by atoms with Gasteiger partial charge >= 0.3 is 11.0 Å². The number of alkyl halides is 6. The molecule has 0 saturated heterocycles. The fraction of sp³-hybridized carbons (Fsp3) is 1.00. The smallest absolute Gasteiger partial charge is 0.160 e. The monoisotopic (exact) mass is 330 g/mol. The van der Waals surface area contributed by atoms with Crippen LogP contribution in [0.2, 0.25) is 0 Å². The zero-order valence-corrected chi connectivity index (χ0v) is 10.6. The third-order valence-electron chi connectivity index (χ3n) is 0.340. The Morgan fingerprint density at radius 2 is 0.786 bits per heavy atom. The molecular weight excluding hydrogens is 330 g/mol. The van der Waals surface area contributed by atoms with Crippen LogP contribution in [0.4, 0.5) is 26.3 Å². The standard InChI is InChI=1S/C2F6S6/c3-1(4,5)9-11-13-14-12-10-2(6,7)8. The zero-order valence-electron chi connectivity index (χ0n) is 5.72. The fourth-order valence-corrected chi connectivity index (χ4v) is 9.84. The molecule has 0 aromatic heterocycles. The maximum absolute atomic E-state index is 11.5. The van der Waals surface area contributed by atoms with E-state index in [0.717, 1.165) is 0 Å². The van der Waals surface area contributed by atoms with Crippen molar-refractivity contribution >= 4 is 60.9 Å². The SMILES string of the molecule is FC(F)(F)SSSSSSC(F)(F)F. The highest BCUT2D eigenvalue weighted by molar-refractivity contribution is 9.41. The Bertz CT molecular complexity index is 133. The van der Waals surface area contributed by atoms with Crippen LogP contribution in [0.5, 0.6) is 0 Å². The van der Waals surface area contributed by atoms with E-state index in [1.807, 2.05) is 0 Å². The molecule has 0 atom stereocenters. The zero-order chi connectivity index (χ0) is 11.2. The van der Waals surface area contributed by atoms with E-state index in [-0.39, 0.29) is 21.6 Å². The van der Waals surface area contributed by atoms with Crippen LogP contribution in [0, 0.1) is 0 Å². The number of hydrogen-bond acceptors (Lipinski definition) is 6. The first-order valence-corrected chi connectivity index (χ1v) is 9.86. The van der Waals surface area contributed by atoms with Crippen molar-refractivity contribution in [1.82, 2.24) is 0 Å². The molecule has 0 aliphatic heterocycles. The molecule has 12 heteroatoms. The predicted molar refractivity (Wildman–Crippen MR) is 57.7 cm³/mol.